The Bertz CT molecular complexity index is 743. The molecule has 0 unspecified atom stereocenters. The highest BCUT2D eigenvalue weighted by molar-refractivity contribution is 6.31. The van der Waals surface area contributed by atoms with Crippen LogP contribution in [0.4, 0.5) is 15.8 Å². The lowest BCUT2D eigenvalue weighted by Crippen LogP contribution is -1.95. The van der Waals surface area contributed by atoms with E-state index in [0.717, 1.165) is 16.6 Å². The first-order chi connectivity index (χ1) is 9.24. The molecule has 0 atom stereocenters. The number of halogens is 2. The van der Waals surface area contributed by atoms with E-state index in [9.17, 15) is 4.39 Å². The lowest BCUT2D eigenvalue weighted by Gasteiger charge is -2.10. The van der Waals surface area contributed by atoms with E-state index >= 15 is 0 Å². The number of pyridine rings is 1. The Labute approximate surface area is 114 Å². The molecule has 0 aliphatic carbocycles. The average molecular weight is 273 g/mol. The van der Waals surface area contributed by atoms with Gasteiger partial charge in [-0.1, -0.05) is 23.7 Å². The normalized spacial score (nSPS) is 10.6. The Morgan fingerprint density at radius 3 is 2.68 bits per heavy atom. The lowest BCUT2D eigenvalue weighted by molar-refractivity contribution is 0.632. The van der Waals surface area contributed by atoms with Crippen LogP contribution < -0.4 is 5.32 Å². The average Bonchev–Trinajstić information content (AvgIpc) is 2.41. The Morgan fingerprint density at radius 1 is 1.00 bits per heavy atom. The molecular weight excluding hydrogens is 263 g/mol. The van der Waals surface area contributed by atoms with Crippen molar-refractivity contribution >= 4 is 33.9 Å². The van der Waals surface area contributed by atoms with Crippen LogP contribution in [0.15, 0.2) is 54.7 Å². The van der Waals surface area contributed by atoms with Gasteiger partial charge in [0.25, 0.3) is 0 Å². The summed E-state index contributed by atoms with van der Waals surface area (Å²) in [5.41, 5.74) is 2.01. The summed E-state index contributed by atoms with van der Waals surface area (Å²) in [6.45, 7) is 0. The molecule has 1 aromatic heterocycles. The second-order valence-electron chi connectivity index (χ2n) is 4.12. The summed E-state index contributed by atoms with van der Waals surface area (Å²) in [6.07, 6.45) is 1.67. The van der Waals surface area contributed by atoms with Gasteiger partial charge in [-0.2, -0.15) is 0 Å². The van der Waals surface area contributed by atoms with Crippen LogP contribution in [0, 0.1) is 5.82 Å². The maximum Gasteiger partial charge on any atom is 0.146 e. The number of benzene rings is 2. The highest BCUT2D eigenvalue weighted by Gasteiger charge is 2.05. The molecule has 0 aliphatic rings. The second kappa shape index (κ2) is 4.86. The number of nitrogens with one attached hydrogen (secondary N) is 1. The predicted octanol–water partition coefficient (Wildman–Crippen LogP) is 4.77. The smallest absolute Gasteiger partial charge is 0.146 e. The van der Waals surface area contributed by atoms with E-state index in [1.165, 1.54) is 6.07 Å². The molecule has 1 N–H and O–H groups in total. The molecule has 0 amide bonds. The molecule has 0 bridgehead atoms. The fourth-order valence-electron chi connectivity index (χ4n) is 1.94. The van der Waals surface area contributed by atoms with Gasteiger partial charge in [0.1, 0.15) is 5.82 Å². The van der Waals surface area contributed by atoms with E-state index in [4.69, 9.17) is 11.6 Å². The van der Waals surface area contributed by atoms with Crippen LogP contribution in [0.25, 0.3) is 10.9 Å². The van der Waals surface area contributed by atoms with Crippen LogP contribution in [0.5, 0.6) is 0 Å². The minimum atomic E-state index is -0.290. The summed E-state index contributed by atoms with van der Waals surface area (Å²) in [6, 6.07) is 13.8. The van der Waals surface area contributed by atoms with Crippen LogP contribution in [0.2, 0.25) is 5.02 Å². The van der Waals surface area contributed by atoms with E-state index < -0.39 is 0 Å². The number of aromatic nitrogens is 1. The van der Waals surface area contributed by atoms with Gasteiger partial charge >= 0.3 is 0 Å². The van der Waals surface area contributed by atoms with Gasteiger partial charge in [-0.3, -0.25) is 4.98 Å². The third-order valence-corrected chi connectivity index (χ3v) is 3.08. The Kier molecular flexibility index (Phi) is 3.05. The standard InChI is InChI=1S/C15H10ClFN2/c16-10-5-6-11-13(7-8-18-15(11)9-10)19-14-4-2-1-3-12(14)17/h1-9H,(H,18,19). The quantitative estimate of drug-likeness (QED) is 0.727. The zero-order valence-corrected chi connectivity index (χ0v) is 10.7. The Morgan fingerprint density at radius 2 is 1.84 bits per heavy atom. The minimum absolute atomic E-state index is 0.290. The van der Waals surface area contributed by atoms with Crippen molar-refractivity contribution in [3.05, 3.63) is 65.6 Å². The molecule has 0 saturated heterocycles. The summed E-state index contributed by atoms with van der Waals surface area (Å²) in [7, 11) is 0. The van der Waals surface area contributed by atoms with Crippen molar-refractivity contribution in [1.82, 2.24) is 4.98 Å². The fourth-order valence-corrected chi connectivity index (χ4v) is 2.10. The van der Waals surface area contributed by atoms with Crippen LogP contribution in [-0.4, -0.2) is 4.98 Å². The Hall–Kier alpha value is -2.13. The van der Waals surface area contributed by atoms with Gasteiger partial charge in [-0.25, -0.2) is 4.39 Å². The zero-order valence-electron chi connectivity index (χ0n) is 9.90. The third kappa shape index (κ3) is 2.37. The van der Waals surface area contributed by atoms with Gasteiger partial charge in [0.2, 0.25) is 0 Å². The van der Waals surface area contributed by atoms with Crippen molar-refractivity contribution in [3.8, 4) is 0 Å². The summed E-state index contributed by atoms with van der Waals surface area (Å²) in [5, 5.41) is 4.60. The highest BCUT2D eigenvalue weighted by atomic mass is 35.5. The topological polar surface area (TPSA) is 24.9 Å². The molecular formula is C15H10ClFN2. The molecule has 2 nitrogen and oxygen atoms in total. The van der Waals surface area contributed by atoms with Crippen molar-refractivity contribution in [2.24, 2.45) is 0 Å². The fraction of sp³-hybridized carbons (Fsp3) is 0. The van der Waals surface area contributed by atoms with E-state index in [2.05, 4.69) is 10.3 Å². The summed E-state index contributed by atoms with van der Waals surface area (Å²) < 4.78 is 13.6. The maximum absolute atomic E-state index is 13.6. The monoisotopic (exact) mass is 272 g/mol. The SMILES string of the molecule is Fc1ccccc1Nc1ccnc2cc(Cl)ccc12. The minimum Gasteiger partial charge on any atom is -0.353 e. The van der Waals surface area contributed by atoms with E-state index in [1.807, 2.05) is 12.1 Å². The number of rotatable bonds is 2. The second-order valence-corrected chi connectivity index (χ2v) is 4.56. The molecule has 0 radical (unpaired) electrons. The van der Waals surface area contributed by atoms with Crippen molar-refractivity contribution < 1.29 is 4.39 Å². The summed E-state index contributed by atoms with van der Waals surface area (Å²) >= 11 is 5.94. The van der Waals surface area contributed by atoms with Crippen LogP contribution in [0.1, 0.15) is 0 Å². The van der Waals surface area contributed by atoms with E-state index in [0.29, 0.717) is 10.7 Å². The first-order valence-corrected chi connectivity index (χ1v) is 6.18. The van der Waals surface area contributed by atoms with Crippen molar-refractivity contribution in [3.63, 3.8) is 0 Å². The molecule has 3 aromatic rings. The lowest BCUT2D eigenvalue weighted by atomic mass is 10.2. The number of para-hydroxylation sites is 1. The van der Waals surface area contributed by atoms with Gasteiger partial charge in [0.15, 0.2) is 0 Å². The van der Waals surface area contributed by atoms with Gasteiger partial charge in [0.05, 0.1) is 11.2 Å². The van der Waals surface area contributed by atoms with Crippen molar-refractivity contribution in [1.29, 1.82) is 0 Å². The van der Waals surface area contributed by atoms with E-state index in [1.54, 1.807) is 36.5 Å². The molecule has 19 heavy (non-hydrogen) atoms. The van der Waals surface area contributed by atoms with Gasteiger partial charge in [0, 0.05) is 22.3 Å². The largest absolute Gasteiger partial charge is 0.353 e. The number of hydrogen-bond acceptors (Lipinski definition) is 2. The first-order valence-electron chi connectivity index (χ1n) is 5.80. The summed E-state index contributed by atoms with van der Waals surface area (Å²) in [5.74, 6) is -0.290. The van der Waals surface area contributed by atoms with Crippen molar-refractivity contribution in [2.45, 2.75) is 0 Å². The number of nitrogens with zero attached hydrogens (tertiary/aromatic N) is 1. The first kappa shape index (κ1) is 11.9. The summed E-state index contributed by atoms with van der Waals surface area (Å²) in [4.78, 5) is 4.25. The molecule has 2 aromatic carbocycles. The predicted molar refractivity (Wildman–Crippen MR) is 76.4 cm³/mol. The number of anilines is 2. The third-order valence-electron chi connectivity index (χ3n) is 2.85. The zero-order chi connectivity index (χ0) is 13.2. The molecule has 4 heteroatoms. The molecule has 0 spiro atoms. The molecule has 0 fully saturated rings. The molecule has 3 rings (SSSR count). The molecule has 0 aliphatic heterocycles. The number of fused-ring (bicyclic) bond motifs is 1. The molecule has 0 saturated carbocycles. The van der Waals surface area contributed by atoms with Crippen molar-refractivity contribution in [2.75, 3.05) is 5.32 Å². The van der Waals surface area contributed by atoms with E-state index in [-0.39, 0.29) is 5.82 Å². The maximum atomic E-state index is 13.6. The molecule has 94 valence electrons. The van der Waals surface area contributed by atoms with Crippen LogP contribution >= 0.6 is 11.6 Å². The highest BCUT2D eigenvalue weighted by Crippen LogP contribution is 2.27. The number of hydrogen-bond donors (Lipinski definition) is 1. The van der Waals surface area contributed by atoms with Gasteiger partial charge < -0.3 is 5.32 Å². The Balaban J connectivity index is 2.09. The van der Waals surface area contributed by atoms with Crippen LogP contribution in [0.3, 0.4) is 0 Å². The van der Waals surface area contributed by atoms with Gasteiger partial charge in [-0.05, 0) is 36.4 Å². The molecule has 1 heterocycles. The van der Waals surface area contributed by atoms with Gasteiger partial charge in [-0.15, -0.1) is 0 Å². The van der Waals surface area contributed by atoms with Crippen LogP contribution in [-0.2, 0) is 0 Å².